The van der Waals surface area contributed by atoms with E-state index in [9.17, 15) is 23.3 Å². The third kappa shape index (κ3) is 5.04. The molecule has 164 valence electrons. The molecule has 14 heteroatoms. The normalized spacial score (nSPS) is 11.4. The van der Waals surface area contributed by atoms with Gasteiger partial charge in [0.15, 0.2) is 10.3 Å². The number of fused-ring (bicyclic) bond motifs is 1. The number of nitrogens with zero attached hydrogens (tertiary/aromatic N) is 3. The number of aromatic nitrogens is 3. The quantitative estimate of drug-likeness (QED) is 0.192. The highest BCUT2D eigenvalue weighted by Crippen LogP contribution is 2.24. The smallest absolute Gasteiger partial charge is 0.271 e. The number of sulfonamides is 1. The van der Waals surface area contributed by atoms with E-state index in [2.05, 4.69) is 25.0 Å². The van der Waals surface area contributed by atoms with E-state index < -0.39 is 14.9 Å². The minimum Gasteiger partial charge on any atom is -0.333 e. The zero-order valence-electron chi connectivity index (χ0n) is 16.0. The molecule has 4 aromatic rings. The Bertz CT molecular complexity index is 1380. The van der Waals surface area contributed by atoms with Crippen molar-refractivity contribution in [3.05, 3.63) is 64.2 Å². The molecule has 0 saturated heterocycles. The third-order valence-electron chi connectivity index (χ3n) is 4.10. The van der Waals surface area contributed by atoms with Crippen LogP contribution in [-0.2, 0) is 14.8 Å². The van der Waals surface area contributed by atoms with Gasteiger partial charge in [0.25, 0.3) is 15.7 Å². The van der Waals surface area contributed by atoms with Crippen LogP contribution < -0.4 is 10.0 Å². The number of rotatable bonds is 8. The molecule has 0 radical (unpaired) electrons. The van der Waals surface area contributed by atoms with Gasteiger partial charge in [-0.3, -0.25) is 19.6 Å². The van der Waals surface area contributed by atoms with Gasteiger partial charge in [-0.25, -0.2) is 18.4 Å². The van der Waals surface area contributed by atoms with E-state index in [4.69, 9.17) is 0 Å². The van der Waals surface area contributed by atoms with Gasteiger partial charge in [0.1, 0.15) is 0 Å². The molecule has 0 aliphatic heterocycles. The largest absolute Gasteiger partial charge is 0.333 e. The van der Waals surface area contributed by atoms with Gasteiger partial charge in [-0.05, 0) is 30.3 Å². The molecule has 4 rings (SSSR count). The van der Waals surface area contributed by atoms with Crippen LogP contribution in [0.2, 0.25) is 0 Å². The molecule has 0 spiro atoms. The minimum absolute atomic E-state index is 0.0353. The second-order valence-corrected chi connectivity index (χ2v) is 9.85. The first-order chi connectivity index (χ1) is 15.3. The predicted octanol–water partition coefficient (Wildman–Crippen LogP) is 3.46. The Kier molecular flexibility index (Phi) is 6.07. The fourth-order valence-corrected chi connectivity index (χ4v) is 5.13. The number of thioether (sulfide) groups is 1. The molecule has 32 heavy (non-hydrogen) atoms. The Labute approximate surface area is 189 Å². The van der Waals surface area contributed by atoms with Gasteiger partial charge in [0.2, 0.25) is 5.91 Å². The second-order valence-electron chi connectivity index (χ2n) is 6.30. The Hall–Kier alpha value is -3.49. The standard InChI is InChI=1S/C18H14N6O5S3/c25-16(10-31-18-21-14-6-3-12(24(26)27)9-15(14)22-18)20-11-1-4-13(5-2-11)32(28,29)23-17-19-7-8-30-17/h1-9H,10H2,(H,19,23)(H,20,25)(H,21,22). The Morgan fingerprint density at radius 1 is 1.22 bits per heavy atom. The van der Waals surface area contributed by atoms with Crippen LogP contribution in [0.3, 0.4) is 0 Å². The average Bonchev–Trinajstić information content (AvgIpc) is 3.41. The van der Waals surface area contributed by atoms with Crippen molar-refractivity contribution in [2.45, 2.75) is 10.1 Å². The Morgan fingerprint density at radius 3 is 2.69 bits per heavy atom. The van der Waals surface area contributed by atoms with E-state index in [0.717, 1.165) is 23.1 Å². The van der Waals surface area contributed by atoms with Gasteiger partial charge in [0.05, 0.1) is 26.6 Å². The summed E-state index contributed by atoms with van der Waals surface area (Å²) in [4.78, 5) is 33.8. The number of amides is 1. The number of imidazole rings is 1. The number of thiazole rings is 1. The fraction of sp³-hybridized carbons (Fsp3) is 0.0556. The first-order valence-electron chi connectivity index (χ1n) is 8.89. The van der Waals surface area contributed by atoms with Gasteiger partial charge in [0, 0.05) is 29.4 Å². The summed E-state index contributed by atoms with van der Waals surface area (Å²) in [6, 6.07) is 10.0. The summed E-state index contributed by atoms with van der Waals surface area (Å²) >= 11 is 2.30. The summed E-state index contributed by atoms with van der Waals surface area (Å²) in [5, 5.41) is 15.9. The third-order valence-corrected chi connectivity index (χ3v) is 7.14. The van der Waals surface area contributed by atoms with Crippen molar-refractivity contribution in [3.63, 3.8) is 0 Å². The van der Waals surface area contributed by atoms with Gasteiger partial charge < -0.3 is 10.3 Å². The Morgan fingerprint density at radius 2 is 2.00 bits per heavy atom. The van der Waals surface area contributed by atoms with Crippen molar-refractivity contribution in [3.8, 4) is 0 Å². The van der Waals surface area contributed by atoms with Crippen LogP contribution in [0, 0.1) is 10.1 Å². The highest BCUT2D eigenvalue weighted by molar-refractivity contribution is 7.99. The molecule has 0 saturated carbocycles. The lowest BCUT2D eigenvalue weighted by molar-refractivity contribution is -0.384. The molecule has 2 aromatic heterocycles. The molecule has 0 bridgehead atoms. The number of aromatic amines is 1. The number of nitro groups is 1. The van der Waals surface area contributed by atoms with Crippen molar-refractivity contribution < 1.29 is 18.1 Å². The van der Waals surface area contributed by atoms with E-state index in [-0.39, 0.29) is 27.4 Å². The number of nitro benzene ring substituents is 1. The molecular formula is C18H14N6O5S3. The Balaban J connectivity index is 1.35. The molecule has 11 nitrogen and oxygen atoms in total. The molecule has 0 fully saturated rings. The van der Waals surface area contributed by atoms with Crippen LogP contribution in [0.5, 0.6) is 0 Å². The lowest BCUT2D eigenvalue weighted by Crippen LogP contribution is -2.15. The number of hydrogen-bond acceptors (Lipinski definition) is 9. The zero-order valence-corrected chi connectivity index (χ0v) is 18.5. The van der Waals surface area contributed by atoms with Crippen molar-refractivity contribution in [2.24, 2.45) is 0 Å². The van der Waals surface area contributed by atoms with Gasteiger partial charge in [-0.2, -0.15) is 0 Å². The van der Waals surface area contributed by atoms with Crippen LogP contribution in [-0.4, -0.2) is 40.0 Å². The SMILES string of the molecule is O=C(CSc1nc2ccc([N+](=O)[O-])cc2[nH]1)Nc1ccc(S(=O)(=O)Nc2nccs2)cc1. The lowest BCUT2D eigenvalue weighted by Gasteiger charge is -2.07. The minimum atomic E-state index is -3.77. The maximum atomic E-state index is 12.3. The number of non-ortho nitro benzene ring substituents is 1. The summed E-state index contributed by atoms with van der Waals surface area (Å²) in [7, 11) is -3.77. The van der Waals surface area contributed by atoms with Crippen molar-refractivity contribution in [2.75, 3.05) is 15.8 Å². The lowest BCUT2D eigenvalue weighted by atomic mass is 10.3. The van der Waals surface area contributed by atoms with Gasteiger partial charge in [-0.15, -0.1) is 11.3 Å². The second kappa shape index (κ2) is 8.94. The molecule has 0 atom stereocenters. The summed E-state index contributed by atoms with van der Waals surface area (Å²) in [6.07, 6.45) is 1.49. The molecular weight excluding hydrogens is 476 g/mol. The summed E-state index contributed by atoms with van der Waals surface area (Å²) in [5.41, 5.74) is 1.44. The summed E-state index contributed by atoms with van der Waals surface area (Å²) < 4.78 is 27.1. The first kappa shape index (κ1) is 21.7. The van der Waals surface area contributed by atoms with Crippen LogP contribution in [0.25, 0.3) is 11.0 Å². The summed E-state index contributed by atoms with van der Waals surface area (Å²) in [5.74, 6) is -0.286. The highest BCUT2D eigenvalue weighted by Gasteiger charge is 2.16. The topological polar surface area (TPSA) is 160 Å². The molecule has 2 aromatic carbocycles. The maximum Gasteiger partial charge on any atom is 0.271 e. The monoisotopic (exact) mass is 490 g/mol. The predicted molar refractivity (Wildman–Crippen MR) is 121 cm³/mol. The molecule has 0 unspecified atom stereocenters. The molecule has 1 amide bonds. The van der Waals surface area contributed by atoms with E-state index >= 15 is 0 Å². The fourth-order valence-electron chi connectivity index (χ4n) is 2.65. The number of carbonyl (C=O) groups is 1. The first-order valence-corrected chi connectivity index (χ1v) is 12.2. The number of carbonyl (C=O) groups excluding carboxylic acids is 1. The zero-order chi connectivity index (χ0) is 22.7. The molecule has 2 heterocycles. The van der Waals surface area contributed by atoms with E-state index in [1.54, 1.807) is 5.38 Å². The van der Waals surface area contributed by atoms with Gasteiger partial charge >= 0.3 is 0 Å². The number of hydrogen-bond donors (Lipinski definition) is 3. The summed E-state index contributed by atoms with van der Waals surface area (Å²) in [6.45, 7) is 0. The van der Waals surface area contributed by atoms with Crippen LogP contribution in [0.15, 0.2) is 64.1 Å². The number of anilines is 2. The molecule has 3 N–H and O–H groups in total. The van der Waals surface area contributed by atoms with E-state index in [0.29, 0.717) is 21.9 Å². The number of nitrogens with one attached hydrogen (secondary N) is 3. The molecule has 0 aliphatic carbocycles. The van der Waals surface area contributed by atoms with Crippen LogP contribution in [0.1, 0.15) is 0 Å². The van der Waals surface area contributed by atoms with E-state index in [1.807, 2.05) is 0 Å². The van der Waals surface area contributed by atoms with Crippen molar-refractivity contribution >= 4 is 66.6 Å². The highest BCUT2D eigenvalue weighted by atomic mass is 32.2. The van der Waals surface area contributed by atoms with Crippen LogP contribution in [0.4, 0.5) is 16.5 Å². The number of benzene rings is 2. The van der Waals surface area contributed by atoms with Gasteiger partial charge in [-0.1, -0.05) is 11.8 Å². The van der Waals surface area contributed by atoms with Crippen LogP contribution >= 0.6 is 23.1 Å². The van der Waals surface area contributed by atoms with Crippen molar-refractivity contribution in [1.82, 2.24) is 15.0 Å². The van der Waals surface area contributed by atoms with E-state index in [1.165, 1.54) is 48.7 Å². The average molecular weight is 491 g/mol. The van der Waals surface area contributed by atoms with Crippen molar-refractivity contribution in [1.29, 1.82) is 0 Å². The number of H-pyrrole nitrogens is 1. The molecule has 0 aliphatic rings. The maximum absolute atomic E-state index is 12.3.